The van der Waals surface area contributed by atoms with Crippen LogP contribution in [0, 0.1) is 29.2 Å². The van der Waals surface area contributed by atoms with Gasteiger partial charge in [-0.25, -0.2) is 4.85 Å². The van der Waals surface area contributed by atoms with E-state index >= 15 is 0 Å². The number of hydrogen-bond donors (Lipinski definition) is 0. The van der Waals surface area contributed by atoms with Gasteiger partial charge in [-0.05, 0) is 81.9 Å². The summed E-state index contributed by atoms with van der Waals surface area (Å²) in [6.07, 6.45) is 0. The monoisotopic (exact) mass is 787 g/mol. The van der Waals surface area contributed by atoms with Gasteiger partial charge in [0.2, 0.25) is 0 Å². The first-order chi connectivity index (χ1) is 30.7. The van der Waals surface area contributed by atoms with E-state index in [1.54, 1.807) is 0 Å². The van der Waals surface area contributed by atoms with E-state index in [0.717, 1.165) is 77.6 Å². The van der Waals surface area contributed by atoms with Crippen LogP contribution in [0.4, 0.5) is 5.69 Å². The normalized spacial score (nSPS) is 11.2. The molecule has 0 amide bonds. The van der Waals surface area contributed by atoms with E-state index in [-0.39, 0.29) is 0 Å². The van der Waals surface area contributed by atoms with Crippen molar-refractivity contribution in [1.29, 1.82) is 10.5 Å². The minimum atomic E-state index is 0.393. The Bertz CT molecular complexity index is 3690. The van der Waals surface area contributed by atoms with E-state index in [1.807, 2.05) is 91.0 Å². The van der Waals surface area contributed by atoms with E-state index in [9.17, 15) is 10.5 Å². The molecule has 11 aromatic rings. The number of nitrogens with zero attached hydrogens (tertiary/aromatic N) is 5. The zero-order valence-corrected chi connectivity index (χ0v) is 33.3. The van der Waals surface area contributed by atoms with Crippen LogP contribution in [-0.4, -0.2) is 9.13 Å². The van der Waals surface area contributed by atoms with Gasteiger partial charge in [0, 0.05) is 44.0 Å². The van der Waals surface area contributed by atoms with Crippen molar-refractivity contribution in [1.82, 2.24) is 9.13 Å². The van der Waals surface area contributed by atoms with Crippen LogP contribution in [0.2, 0.25) is 0 Å². The topological polar surface area (TPSA) is 61.8 Å². The highest BCUT2D eigenvalue weighted by Gasteiger charge is 2.24. The number of para-hydroxylation sites is 3. The number of rotatable bonds is 6. The summed E-state index contributed by atoms with van der Waals surface area (Å²) in [5.41, 5.74) is 13.9. The molecule has 0 spiro atoms. The van der Waals surface area contributed by atoms with E-state index in [2.05, 4.69) is 135 Å². The Kier molecular flexibility index (Phi) is 8.57. The third-order valence-corrected chi connectivity index (χ3v) is 12.0. The SMILES string of the molecule is [C-]#[N+]c1cc(-c2cc(-c3ccccc3)c(C#N)c(-c3ccccc3)c2C#N)ccc1-c1ccc2c3ccc4c5ccccc5n(-c5ccccc5)c4c3n(-c3ccccc3)c2c1. The fourth-order valence-corrected chi connectivity index (χ4v) is 9.32. The Morgan fingerprint density at radius 3 is 1.45 bits per heavy atom. The molecular weight excluding hydrogens is 755 g/mol. The van der Waals surface area contributed by atoms with Crippen molar-refractivity contribution in [2.75, 3.05) is 0 Å². The van der Waals surface area contributed by atoms with Crippen molar-refractivity contribution in [2.24, 2.45) is 0 Å². The molecule has 0 aliphatic rings. The fourth-order valence-electron chi connectivity index (χ4n) is 9.32. The van der Waals surface area contributed by atoms with Gasteiger partial charge in [0.15, 0.2) is 5.69 Å². The standard InChI is InChI=1S/C57H33N5/c1-60-52-32-39(49-34-48(37-16-6-2-7-17-37)50(35-58)55(51(49)36-59)38-18-8-3-9-19-38)26-28-43(52)40-27-29-45-47-31-30-46-44-24-14-15-25-53(44)61(41-20-10-4-11-21-41)56(46)57(47)62(54(45)33-40)42-22-12-5-13-23-42/h2-34H. The second kappa shape index (κ2) is 14.7. The van der Waals surface area contributed by atoms with Crippen molar-refractivity contribution in [3.05, 3.63) is 223 Å². The molecule has 2 aromatic heterocycles. The van der Waals surface area contributed by atoms with Crippen LogP contribution in [0.5, 0.6) is 0 Å². The first kappa shape index (κ1) is 36.2. The van der Waals surface area contributed by atoms with Crippen molar-refractivity contribution < 1.29 is 0 Å². The molecule has 0 radical (unpaired) electrons. The molecule has 2 heterocycles. The summed E-state index contributed by atoms with van der Waals surface area (Å²) >= 11 is 0. The maximum Gasteiger partial charge on any atom is 0.195 e. The van der Waals surface area contributed by atoms with Gasteiger partial charge < -0.3 is 9.13 Å². The highest BCUT2D eigenvalue weighted by Crippen LogP contribution is 2.45. The average molecular weight is 788 g/mol. The zero-order chi connectivity index (χ0) is 41.7. The summed E-state index contributed by atoms with van der Waals surface area (Å²) in [7, 11) is 0. The molecule has 5 nitrogen and oxygen atoms in total. The second-order valence-electron chi connectivity index (χ2n) is 15.3. The predicted molar refractivity (Wildman–Crippen MR) is 253 cm³/mol. The van der Waals surface area contributed by atoms with E-state index < -0.39 is 0 Å². The quantitative estimate of drug-likeness (QED) is 0.158. The van der Waals surface area contributed by atoms with Gasteiger partial charge >= 0.3 is 0 Å². The number of aromatic nitrogens is 2. The molecule has 62 heavy (non-hydrogen) atoms. The van der Waals surface area contributed by atoms with Gasteiger partial charge in [-0.15, -0.1) is 0 Å². The van der Waals surface area contributed by atoms with Crippen LogP contribution in [0.25, 0.3) is 104 Å². The van der Waals surface area contributed by atoms with Crippen LogP contribution >= 0.6 is 0 Å². The lowest BCUT2D eigenvalue weighted by Crippen LogP contribution is -1.98. The molecule has 0 atom stereocenters. The van der Waals surface area contributed by atoms with Gasteiger partial charge in [-0.3, -0.25) is 0 Å². The first-order valence-electron chi connectivity index (χ1n) is 20.4. The van der Waals surface area contributed by atoms with Gasteiger partial charge in [0.1, 0.15) is 12.1 Å². The predicted octanol–water partition coefficient (Wildman–Crippen LogP) is 14.8. The van der Waals surface area contributed by atoms with Crippen LogP contribution < -0.4 is 0 Å². The third kappa shape index (κ3) is 5.60. The molecule has 5 heteroatoms. The summed E-state index contributed by atoms with van der Waals surface area (Å²) in [5.74, 6) is 0. The lowest BCUT2D eigenvalue weighted by molar-refractivity contribution is 1.15. The van der Waals surface area contributed by atoms with Crippen molar-refractivity contribution in [3.8, 4) is 68.0 Å². The minimum Gasteiger partial charge on any atom is -0.307 e. The number of benzene rings is 9. The molecule has 286 valence electrons. The molecule has 0 aliphatic carbocycles. The Hall–Kier alpha value is -8.95. The maximum atomic E-state index is 10.8. The molecule has 9 aromatic carbocycles. The molecule has 0 N–H and O–H groups in total. The number of fused-ring (bicyclic) bond motifs is 7. The van der Waals surface area contributed by atoms with E-state index in [4.69, 9.17) is 6.57 Å². The fraction of sp³-hybridized carbons (Fsp3) is 0. The lowest BCUT2D eigenvalue weighted by atomic mass is 9.83. The summed E-state index contributed by atoms with van der Waals surface area (Å²) in [6, 6.07) is 72.7. The Labute approximate surface area is 358 Å². The smallest absolute Gasteiger partial charge is 0.195 e. The Morgan fingerprint density at radius 1 is 0.387 bits per heavy atom. The Morgan fingerprint density at radius 2 is 0.855 bits per heavy atom. The highest BCUT2D eigenvalue weighted by molar-refractivity contribution is 6.24. The molecule has 0 unspecified atom stereocenters. The van der Waals surface area contributed by atoms with Crippen molar-refractivity contribution in [3.63, 3.8) is 0 Å². The minimum absolute atomic E-state index is 0.393. The number of hydrogen-bond acceptors (Lipinski definition) is 2. The summed E-state index contributed by atoms with van der Waals surface area (Å²) in [4.78, 5) is 4.10. The van der Waals surface area contributed by atoms with Gasteiger partial charge in [0.25, 0.3) is 0 Å². The molecule has 0 saturated carbocycles. The molecule has 11 rings (SSSR count). The Balaban J connectivity index is 1.15. The van der Waals surface area contributed by atoms with E-state index in [1.165, 1.54) is 10.8 Å². The van der Waals surface area contributed by atoms with Crippen molar-refractivity contribution >= 4 is 49.3 Å². The van der Waals surface area contributed by atoms with Gasteiger partial charge in [-0.2, -0.15) is 10.5 Å². The van der Waals surface area contributed by atoms with Crippen LogP contribution in [-0.2, 0) is 0 Å². The van der Waals surface area contributed by atoms with Gasteiger partial charge in [0.05, 0.1) is 39.8 Å². The first-order valence-corrected chi connectivity index (χ1v) is 20.4. The summed E-state index contributed by atoms with van der Waals surface area (Å²) in [5, 5.41) is 26.0. The molecule has 0 saturated heterocycles. The molecule has 0 bridgehead atoms. The summed E-state index contributed by atoms with van der Waals surface area (Å²) in [6.45, 7) is 8.49. The largest absolute Gasteiger partial charge is 0.307 e. The molecule has 0 aliphatic heterocycles. The summed E-state index contributed by atoms with van der Waals surface area (Å²) < 4.78 is 4.75. The average Bonchev–Trinajstić information content (AvgIpc) is 3.87. The maximum absolute atomic E-state index is 10.8. The number of nitriles is 2. The van der Waals surface area contributed by atoms with Gasteiger partial charge in [-0.1, -0.05) is 152 Å². The van der Waals surface area contributed by atoms with Crippen LogP contribution in [0.15, 0.2) is 200 Å². The zero-order valence-electron chi connectivity index (χ0n) is 33.3. The van der Waals surface area contributed by atoms with Crippen molar-refractivity contribution in [2.45, 2.75) is 0 Å². The molecular formula is C57H33N5. The van der Waals surface area contributed by atoms with Crippen LogP contribution in [0.1, 0.15) is 11.1 Å². The second-order valence-corrected chi connectivity index (χ2v) is 15.3. The highest BCUT2D eigenvalue weighted by atomic mass is 15.0. The molecule has 0 fully saturated rings. The lowest BCUT2D eigenvalue weighted by Gasteiger charge is -2.18. The third-order valence-electron chi connectivity index (χ3n) is 12.0. The van der Waals surface area contributed by atoms with Crippen LogP contribution in [0.3, 0.4) is 0 Å². The van der Waals surface area contributed by atoms with E-state index in [0.29, 0.717) is 27.9 Å².